The molecule has 0 atom stereocenters. The zero-order valence-electron chi connectivity index (χ0n) is 28.3. The van der Waals surface area contributed by atoms with E-state index in [1.54, 1.807) is 80.2 Å². The third-order valence-corrected chi connectivity index (χ3v) is 7.23. The van der Waals surface area contributed by atoms with Gasteiger partial charge in [0.1, 0.15) is 21.5 Å². The fraction of sp³-hybridized carbons (Fsp3) is 0.222. The number of pyridine rings is 2. The third-order valence-electron chi connectivity index (χ3n) is 6.58. The van der Waals surface area contributed by atoms with Gasteiger partial charge in [0.25, 0.3) is 0 Å². The summed E-state index contributed by atoms with van der Waals surface area (Å²) in [5, 5.41) is 21.9. The van der Waals surface area contributed by atoms with Crippen LogP contribution in [0.25, 0.3) is 33.1 Å². The summed E-state index contributed by atoms with van der Waals surface area (Å²) in [5.41, 5.74) is 1.78. The molecule has 0 spiro atoms. The van der Waals surface area contributed by atoms with Crippen LogP contribution in [0.2, 0.25) is 15.3 Å². The molecule has 0 aliphatic carbocycles. The van der Waals surface area contributed by atoms with Gasteiger partial charge in [-0.2, -0.15) is 0 Å². The lowest BCUT2D eigenvalue weighted by atomic mass is 9.86. The van der Waals surface area contributed by atoms with E-state index in [9.17, 15) is 19.6 Å². The summed E-state index contributed by atoms with van der Waals surface area (Å²) in [7, 11) is -1.74. The van der Waals surface area contributed by atoms with Crippen molar-refractivity contribution >= 4 is 81.5 Å². The van der Waals surface area contributed by atoms with Crippen molar-refractivity contribution in [2.24, 2.45) is 0 Å². The largest absolute Gasteiger partial charge is 0.506 e. The van der Waals surface area contributed by atoms with Crippen molar-refractivity contribution in [2.45, 2.75) is 52.7 Å². The fourth-order valence-electron chi connectivity index (χ4n) is 4.69. The predicted molar refractivity (Wildman–Crippen MR) is 199 cm³/mol. The van der Waals surface area contributed by atoms with Gasteiger partial charge in [-0.25, -0.2) is 24.1 Å². The van der Waals surface area contributed by atoms with Crippen LogP contribution in [0.4, 0.5) is 9.59 Å². The van der Waals surface area contributed by atoms with Crippen LogP contribution in [-0.4, -0.2) is 59.7 Å². The summed E-state index contributed by atoms with van der Waals surface area (Å²) in [4.78, 5) is 32.6. The molecule has 0 radical (unpaired) electrons. The SMILES string of the molecule is CC(C)(C)OC(=O)n1c(-c2ccnc(Cl)c2)cc2ccccc21.CC(C)(C)OC(=O)n1c(B(O)O)cc2ccccc21.Clc1ccnc(Cl)c1. The number of carbonyl (C=O) groups is 2. The predicted octanol–water partition coefficient (Wildman–Crippen LogP) is 8.63. The number of fused-ring (bicyclic) bond motifs is 2. The zero-order chi connectivity index (χ0) is 36.8. The lowest BCUT2D eigenvalue weighted by Gasteiger charge is -2.21. The van der Waals surface area contributed by atoms with Gasteiger partial charge in [-0.05, 0) is 95.5 Å². The Morgan fingerprint density at radius 1 is 0.660 bits per heavy atom. The monoisotopic (exact) mass is 736 g/mol. The van der Waals surface area contributed by atoms with Crippen LogP contribution in [0.15, 0.2) is 97.3 Å². The highest BCUT2D eigenvalue weighted by Gasteiger charge is 2.27. The fourth-order valence-corrected chi connectivity index (χ4v) is 5.25. The molecular formula is C36H36BCl3N4O6. The smallest absolute Gasteiger partial charge is 0.443 e. The summed E-state index contributed by atoms with van der Waals surface area (Å²) in [6.07, 6.45) is 2.14. The molecule has 0 unspecified atom stereocenters. The third kappa shape index (κ3) is 10.3. The molecule has 0 amide bonds. The second-order valence-electron chi connectivity index (χ2n) is 12.9. The lowest BCUT2D eigenvalue weighted by Crippen LogP contribution is -2.40. The van der Waals surface area contributed by atoms with E-state index in [0.717, 1.165) is 27.5 Å². The lowest BCUT2D eigenvalue weighted by molar-refractivity contribution is 0.0536. The summed E-state index contributed by atoms with van der Waals surface area (Å²) >= 11 is 17.0. The molecule has 0 fully saturated rings. The normalized spacial score (nSPS) is 11.3. The Balaban J connectivity index is 0.000000187. The van der Waals surface area contributed by atoms with Crippen LogP contribution in [0, 0.1) is 0 Å². The number of ether oxygens (including phenoxy) is 2. The van der Waals surface area contributed by atoms with Crippen molar-refractivity contribution in [3.8, 4) is 11.3 Å². The number of nitrogens with zero attached hydrogens (tertiary/aromatic N) is 4. The van der Waals surface area contributed by atoms with Gasteiger partial charge in [-0.1, -0.05) is 71.2 Å². The van der Waals surface area contributed by atoms with E-state index in [0.29, 0.717) is 20.8 Å². The zero-order valence-corrected chi connectivity index (χ0v) is 30.5. The quantitative estimate of drug-likeness (QED) is 0.134. The summed E-state index contributed by atoms with van der Waals surface area (Å²) in [5.74, 6) is 0. The number of hydrogen-bond acceptors (Lipinski definition) is 8. The first kappa shape index (κ1) is 38.4. The van der Waals surface area contributed by atoms with Crippen LogP contribution >= 0.6 is 34.8 Å². The van der Waals surface area contributed by atoms with Crippen LogP contribution in [0.5, 0.6) is 0 Å². The van der Waals surface area contributed by atoms with E-state index in [-0.39, 0.29) is 5.59 Å². The van der Waals surface area contributed by atoms with Gasteiger partial charge in [-0.15, -0.1) is 0 Å². The summed E-state index contributed by atoms with van der Waals surface area (Å²) < 4.78 is 13.6. The molecule has 14 heteroatoms. The molecule has 260 valence electrons. The van der Waals surface area contributed by atoms with Crippen LogP contribution in [0.1, 0.15) is 41.5 Å². The molecule has 0 saturated heterocycles. The van der Waals surface area contributed by atoms with Gasteiger partial charge in [0.2, 0.25) is 0 Å². The second-order valence-corrected chi connectivity index (χ2v) is 14.1. The van der Waals surface area contributed by atoms with Crippen LogP contribution in [-0.2, 0) is 9.47 Å². The van der Waals surface area contributed by atoms with E-state index in [1.165, 1.54) is 4.57 Å². The minimum Gasteiger partial charge on any atom is -0.443 e. The molecule has 50 heavy (non-hydrogen) atoms. The van der Waals surface area contributed by atoms with Gasteiger partial charge < -0.3 is 19.5 Å². The van der Waals surface area contributed by atoms with Gasteiger partial charge in [-0.3, -0.25) is 4.57 Å². The Morgan fingerprint density at radius 3 is 1.62 bits per heavy atom. The maximum atomic E-state index is 12.7. The molecule has 2 aromatic carbocycles. The molecule has 6 rings (SSSR count). The minimum atomic E-state index is -1.74. The molecular weight excluding hydrogens is 702 g/mol. The molecule has 0 bridgehead atoms. The average molecular weight is 738 g/mol. The Labute approximate surface area is 305 Å². The maximum absolute atomic E-state index is 12.7. The molecule has 0 aliphatic heterocycles. The number of halogens is 3. The first-order valence-electron chi connectivity index (χ1n) is 15.4. The highest BCUT2D eigenvalue weighted by atomic mass is 35.5. The van der Waals surface area contributed by atoms with Crippen molar-refractivity contribution < 1.29 is 29.1 Å². The number of para-hydroxylation sites is 2. The van der Waals surface area contributed by atoms with Gasteiger partial charge in [0.15, 0.2) is 0 Å². The molecule has 0 saturated carbocycles. The average Bonchev–Trinajstić information content (AvgIpc) is 3.60. The number of aromatic nitrogens is 4. The van der Waals surface area contributed by atoms with E-state index < -0.39 is 30.5 Å². The number of hydrogen-bond donors (Lipinski definition) is 2. The minimum absolute atomic E-state index is 0.0930. The van der Waals surface area contributed by atoms with Gasteiger partial charge in [0, 0.05) is 28.4 Å². The molecule has 2 N–H and O–H groups in total. The molecule has 4 heterocycles. The second kappa shape index (κ2) is 16.1. The topological polar surface area (TPSA) is 129 Å². The van der Waals surface area contributed by atoms with E-state index in [1.807, 2.05) is 63.2 Å². The molecule has 0 aliphatic rings. The van der Waals surface area contributed by atoms with E-state index >= 15 is 0 Å². The Hall–Kier alpha value is -4.39. The van der Waals surface area contributed by atoms with Crippen molar-refractivity contribution in [2.75, 3.05) is 0 Å². The number of benzene rings is 2. The van der Waals surface area contributed by atoms with E-state index in [4.69, 9.17) is 44.3 Å². The Bertz CT molecular complexity index is 2100. The number of carbonyl (C=O) groups excluding carboxylic acids is 2. The molecule has 6 aromatic rings. The van der Waals surface area contributed by atoms with Crippen LogP contribution < -0.4 is 5.59 Å². The van der Waals surface area contributed by atoms with Gasteiger partial charge >= 0.3 is 19.3 Å². The summed E-state index contributed by atoms with van der Waals surface area (Å²) in [6.45, 7) is 10.8. The summed E-state index contributed by atoms with van der Waals surface area (Å²) in [6, 6.07) is 25.1. The van der Waals surface area contributed by atoms with Crippen molar-refractivity contribution in [1.29, 1.82) is 0 Å². The van der Waals surface area contributed by atoms with Crippen molar-refractivity contribution in [3.05, 3.63) is 113 Å². The maximum Gasteiger partial charge on any atom is 0.506 e. The molecule has 10 nitrogen and oxygen atoms in total. The Morgan fingerprint density at radius 2 is 1.14 bits per heavy atom. The molecule has 4 aromatic heterocycles. The standard InChI is InChI=1S/C18H17ClN2O2.C13H16BNO4.C5H3Cl2N/c1-18(2,3)23-17(22)21-14-7-5-4-6-12(14)10-15(21)13-8-9-20-16(19)11-13;1-13(2,3)19-12(16)15-10-7-5-4-6-9(10)8-11(15)14(17)18;6-4-1-2-8-5(7)3-4/h4-11H,1-3H3;4-8,17-18H,1-3H3;1-3H. The first-order chi connectivity index (χ1) is 23.4. The van der Waals surface area contributed by atoms with Crippen molar-refractivity contribution in [3.63, 3.8) is 0 Å². The van der Waals surface area contributed by atoms with Crippen LogP contribution in [0.3, 0.4) is 0 Å². The van der Waals surface area contributed by atoms with Gasteiger partial charge in [0.05, 0.1) is 22.3 Å². The Kier molecular flexibility index (Phi) is 12.4. The highest BCUT2D eigenvalue weighted by Crippen LogP contribution is 2.30. The van der Waals surface area contributed by atoms with E-state index in [2.05, 4.69) is 9.97 Å². The first-order valence-corrected chi connectivity index (χ1v) is 16.5. The number of rotatable bonds is 2. The van der Waals surface area contributed by atoms with Crippen molar-refractivity contribution in [1.82, 2.24) is 19.1 Å². The highest BCUT2D eigenvalue weighted by molar-refractivity contribution is 6.59.